The first-order valence-electron chi connectivity index (χ1n) is 7.96. The molecule has 0 aliphatic heterocycles. The van der Waals surface area contributed by atoms with Gasteiger partial charge >= 0.3 is 0 Å². The minimum absolute atomic E-state index is 0.0988. The minimum Gasteiger partial charge on any atom is -0.311 e. The van der Waals surface area contributed by atoms with E-state index < -0.39 is 10.0 Å². The first-order valence-corrected chi connectivity index (χ1v) is 9.82. The molecule has 0 bridgehead atoms. The van der Waals surface area contributed by atoms with Crippen molar-refractivity contribution in [3.8, 4) is 0 Å². The van der Waals surface area contributed by atoms with Crippen molar-refractivity contribution in [2.24, 2.45) is 0 Å². The maximum absolute atomic E-state index is 12.3. The van der Waals surface area contributed by atoms with Gasteiger partial charge in [0.2, 0.25) is 15.9 Å². The molecule has 2 aromatic rings. The Labute approximate surface area is 153 Å². The van der Waals surface area contributed by atoms with E-state index in [2.05, 4.69) is 11.6 Å². The number of aryl methyl sites for hydroxylation is 1. The largest absolute Gasteiger partial charge is 0.311 e. The molecule has 0 radical (unpaired) electrons. The maximum Gasteiger partial charge on any atom is 0.240 e. The van der Waals surface area contributed by atoms with Crippen molar-refractivity contribution in [3.05, 3.63) is 59.1 Å². The summed E-state index contributed by atoms with van der Waals surface area (Å²) < 4.78 is 27.1. The molecule has 134 valence electrons. The van der Waals surface area contributed by atoms with Crippen LogP contribution in [-0.2, 0) is 21.2 Å². The van der Waals surface area contributed by atoms with Gasteiger partial charge in [0.15, 0.2) is 0 Å². The van der Waals surface area contributed by atoms with Crippen molar-refractivity contribution in [1.82, 2.24) is 4.72 Å². The van der Waals surface area contributed by atoms with E-state index in [9.17, 15) is 13.2 Å². The second-order valence-corrected chi connectivity index (χ2v) is 7.75. The molecule has 5 nitrogen and oxygen atoms in total. The highest BCUT2D eigenvalue weighted by Gasteiger charge is 2.16. The molecule has 0 fully saturated rings. The molecule has 0 saturated carbocycles. The zero-order chi connectivity index (χ0) is 18.4. The number of amides is 1. The monoisotopic (exact) mass is 380 g/mol. The Hall–Kier alpha value is -1.89. The molecule has 7 heteroatoms. The van der Waals surface area contributed by atoms with E-state index in [4.69, 9.17) is 11.6 Å². The summed E-state index contributed by atoms with van der Waals surface area (Å²) >= 11 is 5.84. The topological polar surface area (TPSA) is 66.5 Å². The Morgan fingerprint density at radius 3 is 2.40 bits per heavy atom. The summed E-state index contributed by atoms with van der Waals surface area (Å²) in [5, 5.41) is 0.351. The highest BCUT2D eigenvalue weighted by molar-refractivity contribution is 7.89. The Balaban J connectivity index is 2.05. The SMILES string of the molecule is CCc1ccc(N(CCNS(=O)(=O)c2cccc(Cl)c2)C(C)=O)cc1. The van der Waals surface area contributed by atoms with Crippen LogP contribution in [0.4, 0.5) is 5.69 Å². The van der Waals surface area contributed by atoms with E-state index in [-0.39, 0.29) is 23.9 Å². The zero-order valence-corrected chi connectivity index (χ0v) is 15.8. The van der Waals surface area contributed by atoms with Crippen LogP contribution >= 0.6 is 11.6 Å². The third-order valence-electron chi connectivity index (χ3n) is 3.77. The number of rotatable bonds is 7. The van der Waals surface area contributed by atoms with E-state index in [0.29, 0.717) is 5.02 Å². The lowest BCUT2D eigenvalue weighted by Crippen LogP contribution is -2.37. The van der Waals surface area contributed by atoms with E-state index >= 15 is 0 Å². The number of sulfonamides is 1. The molecule has 0 spiro atoms. The number of hydrogen-bond acceptors (Lipinski definition) is 3. The van der Waals surface area contributed by atoms with Crippen molar-refractivity contribution in [2.45, 2.75) is 25.2 Å². The van der Waals surface area contributed by atoms with Gasteiger partial charge in [0.1, 0.15) is 0 Å². The quantitative estimate of drug-likeness (QED) is 0.801. The standard InChI is InChI=1S/C18H21ClN2O3S/c1-3-15-7-9-17(10-8-15)21(14(2)22)12-11-20-25(23,24)18-6-4-5-16(19)13-18/h4-10,13,20H,3,11-12H2,1-2H3. The van der Waals surface area contributed by atoms with Gasteiger partial charge in [-0.05, 0) is 42.3 Å². The van der Waals surface area contributed by atoms with Gasteiger partial charge in [-0.25, -0.2) is 13.1 Å². The molecule has 1 N–H and O–H groups in total. The van der Waals surface area contributed by atoms with Crippen molar-refractivity contribution < 1.29 is 13.2 Å². The number of anilines is 1. The Bertz CT molecular complexity index is 836. The van der Waals surface area contributed by atoms with Gasteiger partial charge in [-0.2, -0.15) is 0 Å². The fourth-order valence-electron chi connectivity index (χ4n) is 2.39. The lowest BCUT2D eigenvalue weighted by atomic mass is 10.1. The first kappa shape index (κ1) is 19.4. The molecule has 0 unspecified atom stereocenters. The van der Waals surface area contributed by atoms with Crippen LogP contribution in [0.2, 0.25) is 5.02 Å². The summed E-state index contributed by atoms with van der Waals surface area (Å²) in [5.74, 6) is -0.147. The molecule has 0 aliphatic rings. The highest BCUT2D eigenvalue weighted by atomic mass is 35.5. The minimum atomic E-state index is -3.67. The number of halogens is 1. The van der Waals surface area contributed by atoms with Crippen LogP contribution in [0.25, 0.3) is 0 Å². The molecule has 0 heterocycles. The Kier molecular flexibility index (Phi) is 6.58. The van der Waals surface area contributed by atoms with E-state index in [1.54, 1.807) is 17.0 Å². The number of carbonyl (C=O) groups excluding carboxylic acids is 1. The number of nitrogens with one attached hydrogen (secondary N) is 1. The fraction of sp³-hybridized carbons (Fsp3) is 0.278. The Morgan fingerprint density at radius 2 is 1.84 bits per heavy atom. The first-order chi connectivity index (χ1) is 11.8. The predicted octanol–water partition coefficient (Wildman–Crippen LogP) is 3.23. The number of carbonyl (C=O) groups is 1. The predicted molar refractivity (Wildman–Crippen MR) is 100 cm³/mol. The van der Waals surface area contributed by atoms with Gasteiger partial charge in [-0.15, -0.1) is 0 Å². The smallest absolute Gasteiger partial charge is 0.240 e. The van der Waals surface area contributed by atoms with Gasteiger partial charge in [-0.1, -0.05) is 36.7 Å². The molecule has 0 aliphatic carbocycles. The van der Waals surface area contributed by atoms with Gasteiger partial charge in [0, 0.05) is 30.7 Å². The molecular weight excluding hydrogens is 360 g/mol. The number of hydrogen-bond donors (Lipinski definition) is 1. The third kappa shape index (κ3) is 5.29. The van der Waals surface area contributed by atoms with Crippen LogP contribution in [0.3, 0.4) is 0 Å². The van der Waals surface area contributed by atoms with Crippen molar-refractivity contribution in [2.75, 3.05) is 18.0 Å². The second kappa shape index (κ2) is 8.47. The third-order valence-corrected chi connectivity index (χ3v) is 5.46. The number of benzene rings is 2. The van der Waals surface area contributed by atoms with Gasteiger partial charge in [0.25, 0.3) is 0 Å². The summed E-state index contributed by atoms with van der Waals surface area (Å²) in [6.45, 7) is 3.85. The average Bonchev–Trinajstić information content (AvgIpc) is 2.58. The maximum atomic E-state index is 12.3. The zero-order valence-electron chi connectivity index (χ0n) is 14.2. The van der Waals surface area contributed by atoms with Crippen molar-refractivity contribution >= 4 is 33.2 Å². The normalized spacial score (nSPS) is 11.3. The highest BCUT2D eigenvalue weighted by Crippen LogP contribution is 2.17. The second-order valence-electron chi connectivity index (χ2n) is 5.55. The summed E-state index contributed by atoms with van der Waals surface area (Å²) in [6, 6.07) is 13.7. The van der Waals surface area contributed by atoms with Crippen LogP contribution in [-0.4, -0.2) is 27.4 Å². The lowest BCUT2D eigenvalue weighted by Gasteiger charge is -2.21. The van der Waals surface area contributed by atoms with E-state index in [1.807, 2.05) is 24.3 Å². The van der Waals surface area contributed by atoms with Crippen LogP contribution < -0.4 is 9.62 Å². The summed E-state index contributed by atoms with van der Waals surface area (Å²) in [7, 11) is -3.67. The van der Waals surface area contributed by atoms with Crippen LogP contribution in [0.1, 0.15) is 19.4 Å². The van der Waals surface area contributed by atoms with Crippen LogP contribution in [0, 0.1) is 0 Å². The molecule has 0 atom stereocenters. The molecule has 0 aromatic heterocycles. The molecule has 2 rings (SSSR count). The summed E-state index contributed by atoms with van der Waals surface area (Å²) in [4.78, 5) is 13.5. The molecule has 25 heavy (non-hydrogen) atoms. The Morgan fingerprint density at radius 1 is 1.16 bits per heavy atom. The summed E-state index contributed by atoms with van der Waals surface area (Å²) in [6.07, 6.45) is 0.916. The van der Waals surface area contributed by atoms with Crippen molar-refractivity contribution in [3.63, 3.8) is 0 Å². The fourth-order valence-corrected chi connectivity index (χ4v) is 3.71. The molecule has 1 amide bonds. The van der Waals surface area contributed by atoms with Gasteiger partial charge in [-0.3, -0.25) is 4.79 Å². The van der Waals surface area contributed by atoms with Crippen molar-refractivity contribution in [1.29, 1.82) is 0 Å². The molecule has 2 aromatic carbocycles. The molecular formula is C18H21ClN2O3S. The van der Waals surface area contributed by atoms with E-state index in [0.717, 1.165) is 12.1 Å². The van der Waals surface area contributed by atoms with Crippen LogP contribution in [0.5, 0.6) is 0 Å². The van der Waals surface area contributed by atoms with Gasteiger partial charge in [0.05, 0.1) is 4.90 Å². The van der Waals surface area contributed by atoms with E-state index in [1.165, 1.54) is 24.6 Å². The molecule has 0 saturated heterocycles. The lowest BCUT2D eigenvalue weighted by molar-refractivity contribution is -0.116. The van der Waals surface area contributed by atoms with Gasteiger partial charge < -0.3 is 4.90 Å². The summed E-state index contributed by atoms with van der Waals surface area (Å²) in [5.41, 5.74) is 1.92. The number of nitrogens with zero attached hydrogens (tertiary/aromatic N) is 1. The van der Waals surface area contributed by atoms with Crippen LogP contribution in [0.15, 0.2) is 53.4 Å². The average molecular weight is 381 g/mol.